The van der Waals surface area contributed by atoms with Crippen molar-refractivity contribution in [3.63, 3.8) is 0 Å². The smallest absolute Gasteiger partial charge is 0.204 e. The molecule has 83 valence electrons. The summed E-state index contributed by atoms with van der Waals surface area (Å²) in [6.07, 6.45) is 0.665. The van der Waals surface area contributed by atoms with E-state index in [4.69, 9.17) is 22.6 Å². The number of nitrogens with two attached hydrogens (primary N) is 3. The SMILES string of the molecule is N=C(N)[B]Cc1ccc(CN=C(N)N)cc1. The molecule has 0 unspecified atom stereocenters. The molecule has 1 aromatic rings. The third kappa shape index (κ3) is 4.50. The minimum absolute atomic E-state index is 0.0876. The van der Waals surface area contributed by atoms with Crippen LogP contribution in [0.1, 0.15) is 11.1 Å². The number of amidine groups is 1. The highest BCUT2D eigenvalue weighted by atomic mass is 15.0. The van der Waals surface area contributed by atoms with Crippen LogP contribution < -0.4 is 17.2 Å². The first-order chi connectivity index (χ1) is 7.58. The Balaban J connectivity index is 2.54. The van der Waals surface area contributed by atoms with Gasteiger partial charge in [-0.3, -0.25) is 5.41 Å². The van der Waals surface area contributed by atoms with Crippen molar-refractivity contribution in [1.82, 2.24) is 0 Å². The quantitative estimate of drug-likeness (QED) is 0.303. The van der Waals surface area contributed by atoms with Crippen LogP contribution in [0, 0.1) is 5.41 Å². The zero-order valence-corrected chi connectivity index (χ0v) is 8.98. The Bertz CT molecular complexity index is 381. The summed E-state index contributed by atoms with van der Waals surface area (Å²) in [6.45, 7) is 0.485. The summed E-state index contributed by atoms with van der Waals surface area (Å²) in [5, 5.41) is 7.08. The molecular formula is C10H15BN5. The van der Waals surface area contributed by atoms with Gasteiger partial charge in [-0.1, -0.05) is 29.8 Å². The van der Waals surface area contributed by atoms with E-state index in [0.717, 1.165) is 11.1 Å². The Hall–Kier alpha value is -1.98. The number of rotatable bonds is 5. The number of hydrogen-bond acceptors (Lipinski definition) is 2. The second-order valence-corrected chi connectivity index (χ2v) is 3.42. The summed E-state index contributed by atoms with van der Waals surface area (Å²) in [6, 6.07) is 7.85. The van der Waals surface area contributed by atoms with Crippen LogP contribution in [0.4, 0.5) is 0 Å². The summed E-state index contributed by atoms with van der Waals surface area (Å²) in [7, 11) is 1.66. The van der Waals surface area contributed by atoms with Crippen molar-refractivity contribution in [2.75, 3.05) is 0 Å². The Kier molecular flexibility index (Phi) is 4.38. The maximum Gasteiger partial charge on any atom is 0.204 e. The van der Waals surface area contributed by atoms with E-state index in [0.29, 0.717) is 12.9 Å². The Morgan fingerprint density at radius 2 is 1.69 bits per heavy atom. The largest absolute Gasteiger partial charge is 0.396 e. The molecule has 0 atom stereocenters. The van der Waals surface area contributed by atoms with Crippen LogP contribution in [0.15, 0.2) is 29.3 Å². The Labute approximate surface area is 95.5 Å². The fourth-order valence-corrected chi connectivity index (χ4v) is 1.19. The lowest BCUT2D eigenvalue weighted by atomic mass is 9.71. The second-order valence-electron chi connectivity index (χ2n) is 3.42. The fourth-order valence-electron chi connectivity index (χ4n) is 1.19. The number of benzene rings is 1. The third-order valence-electron chi connectivity index (χ3n) is 2.02. The number of aliphatic imine (C=N–C) groups is 1. The molecule has 5 nitrogen and oxygen atoms in total. The molecule has 0 aliphatic heterocycles. The lowest BCUT2D eigenvalue weighted by Gasteiger charge is -2.01. The molecule has 0 fully saturated rings. The molecule has 1 rings (SSSR count). The van der Waals surface area contributed by atoms with Gasteiger partial charge in [-0.2, -0.15) is 0 Å². The predicted octanol–water partition coefficient (Wildman–Crippen LogP) is -0.442. The van der Waals surface area contributed by atoms with Crippen molar-refractivity contribution < 1.29 is 0 Å². The highest BCUT2D eigenvalue weighted by Gasteiger charge is 1.98. The van der Waals surface area contributed by atoms with E-state index in [9.17, 15) is 0 Å². The van der Waals surface area contributed by atoms with Gasteiger partial charge >= 0.3 is 0 Å². The molecule has 0 saturated heterocycles. The van der Waals surface area contributed by atoms with Crippen molar-refractivity contribution in [2.24, 2.45) is 22.2 Å². The van der Waals surface area contributed by atoms with E-state index in [2.05, 4.69) is 4.99 Å². The van der Waals surface area contributed by atoms with Gasteiger partial charge in [0, 0.05) is 5.73 Å². The van der Waals surface area contributed by atoms with Gasteiger partial charge < -0.3 is 17.2 Å². The molecule has 16 heavy (non-hydrogen) atoms. The van der Waals surface area contributed by atoms with Gasteiger partial charge in [0.15, 0.2) is 5.96 Å². The first-order valence-electron chi connectivity index (χ1n) is 4.88. The highest BCUT2D eigenvalue weighted by molar-refractivity contribution is 6.73. The number of nitrogens with zero attached hydrogens (tertiary/aromatic N) is 1. The first kappa shape index (κ1) is 12.1. The Morgan fingerprint density at radius 3 is 2.19 bits per heavy atom. The summed E-state index contributed by atoms with van der Waals surface area (Å²) in [5.74, 6) is 0.0917. The fraction of sp³-hybridized carbons (Fsp3) is 0.200. The van der Waals surface area contributed by atoms with Crippen LogP contribution in [0.25, 0.3) is 0 Å². The minimum atomic E-state index is 0.0876. The monoisotopic (exact) mass is 216 g/mol. The molecular weight excluding hydrogens is 201 g/mol. The van der Waals surface area contributed by atoms with E-state index < -0.39 is 0 Å². The standard InChI is InChI=1S/C10H15BN5/c12-9(13)11-5-7-1-3-8(4-2-7)6-16-10(14)15/h1-4H,5-6H2,(H3,12,13)(H4,14,15,16). The molecule has 1 radical (unpaired) electrons. The summed E-state index contributed by atoms with van der Waals surface area (Å²) in [5.41, 5.74) is 17.9. The molecule has 1 aromatic carbocycles. The van der Waals surface area contributed by atoms with Gasteiger partial charge in [-0.05, 0) is 11.9 Å². The van der Waals surface area contributed by atoms with Crippen LogP contribution in [-0.4, -0.2) is 19.0 Å². The lowest BCUT2D eigenvalue weighted by Crippen LogP contribution is -2.22. The van der Waals surface area contributed by atoms with Crippen molar-refractivity contribution in [1.29, 1.82) is 5.41 Å². The predicted molar refractivity (Wildman–Crippen MR) is 67.3 cm³/mol. The molecule has 0 amide bonds. The lowest BCUT2D eigenvalue weighted by molar-refractivity contribution is 1.05. The van der Waals surface area contributed by atoms with Crippen molar-refractivity contribution in [3.05, 3.63) is 35.4 Å². The minimum Gasteiger partial charge on any atom is -0.396 e. The van der Waals surface area contributed by atoms with E-state index >= 15 is 0 Å². The molecule has 0 spiro atoms. The average Bonchev–Trinajstić information content (AvgIpc) is 2.25. The maximum absolute atomic E-state index is 7.08. The van der Waals surface area contributed by atoms with Gasteiger partial charge in [0.2, 0.25) is 7.28 Å². The van der Waals surface area contributed by atoms with Gasteiger partial charge in [-0.25, -0.2) is 4.99 Å². The van der Waals surface area contributed by atoms with Gasteiger partial charge in [0.25, 0.3) is 0 Å². The average molecular weight is 216 g/mol. The van der Waals surface area contributed by atoms with Gasteiger partial charge in [0.1, 0.15) is 0 Å². The molecule has 0 saturated carbocycles. The van der Waals surface area contributed by atoms with Crippen molar-refractivity contribution >= 4 is 19.0 Å². The van der Waals surface area contributed by atoms with Crippen molar-refractivity contribution in [2.45, 2.75) is 12.9 Å². The van der Waals surface area contributed by atoms with Crippen LogP contribution in [0.2, 0.25) is 0 Å². The number of guanidine groups is 1. The van der Waals surface area contributed by atoms with Crippen LogP contribution in [-0.2, 0) is 12.9 Å². The Morgan fingerprint density at radius 1 is 1.12 bits per heavy atom. The first-order valence-corrected chi connectivity index (χ1v) is 4.88. The molecule has 0 aliphatic carbocycles. The van der Waals surface area contributed by atoms with E-state index in [1.54, 1.807) is 7.28 Å². The molecule has 0 aromatic heterocycles. The summed E-state index contributed by atoms with van der Waals surface area (Å²) >= 11 is 0. The third-order valence-corrected chi connectivity index (χ3v) is 2.02. The molecule has 0 aliphatic rings. The van der Waals surface area contributed by atoms with Gasteiger partial charge in [0.05, 0.1) is 6.54 Å². The summed E-state index contributed by atoms with van der Waals surface area (Å²) in [4.78, 5) is 3.91. The van der Waals surface area contributed by atoms with E-state index in [-0.39, 0.29) is 11.7 Å². The van der Waals surface area contributed by atoms with Gasteiger partial charge in [-0.15, -0.1) is 0 Å². The second kappa shape index (κ2) is 5.80. The zero-order chi connectivity index (χ0) is 12.0. The van der Waals surface area contributed by atoms with Crippen LogP contribution in [0.5, 0.6) is 0 Å². The number of nitrogens with one attached hydrogen (secondary N) is 1. The van der Waals surface area contributed by atoms with Crippen LogP contribution in [0.3, 0.4) is 0 Å². The van der Waals surface area contributed by atoms with E-state index in [1.807, 2.05) is 24.3 Å². The zero-order valence-electron chi connectivity index (χ0n) is 8.98. The topological polar surface area (TPSA) is 114 Å². The van der Waals surface area contributed by atoms with Crippen LogP contribution >= 0.6 is 0 Å². The molecule has 7 N–H and O–H groups in total. The van der Waals surface area contributed by atoms with Crippen molar-refractivity contribution in [3.8, 4) is 0 Å². The summed E-state index contributed by atoms with van der Waals surface area (Å²) < 4.78 is 0. The van der Waals surface area contributed by atoms with E-state index in [1.165, 1.54) is 0 Å². The molecule has 6 heteroatoms. The maximum atomic E-state index is 7.08. The molecule has 0 bridgehead atoms. The molecule has 0 heterocycles. The highest BCUT2D eigenvalue weighted by Crippen LogP contribution is 2.05. The number of hydrogen-bond donors (Lipinski definition) is 4. The normalized spacial score (nSPS) is 9.50.